The summed E-state index contributed by atoms with van der Waals surface area (Å²) in [5.74, 6) is -0.570. The van der Waals surface area contributed by atoms with Gasteiger partial charge in [-0.05, 0) is 33.0 Å². The van der Waals surface area contributed by atoms with E-state index in [0.717, 1.165) is 33.0 Å². The molecule has 0 unspecified atom stereocenters. The molecule has 5 aromatic carbocycles. The predicted molar refractivity (Wildman–Crippen MR) is 170 cm³/mol. The monoisotopic (exact) mass is 604 g/mol. The van der Waals surface area contributed by atoms with Crippen LogP contribution in [0.3, 0.4) is 0 Å². The SMILES string of the molecule is CO[C@H]1O[C@H](COC(c2ccccc2)(c2ccccc2)c2ccccc2)[C@@H](O)[C@H](O)[C@H]1OC(=O)Cc1cccc2ccccc12. The van der Waals surface area contributed by atoms with Crippen LogP contribution in [-0.4, -0.2) is 60.6 Å². The molecule has 0 bridgehead atoms. The van der Waals surface area contributed by atoms with Crippen LogP contribution in [0.2, 0.25) is 0 Å². The Morgan fingerprint density at radius 2 is 1.24 bits per heavy atom. The van der Waals surface area contributed by atoms with Crippen molar-refractivity contribution in [3.63, 3.8) is 0 Å². The number of fused-ring (bicyclic) bond motifs is 1. The van der Waals surface area contributed by atoms with Crippen molar-refractivity contribution in [3.8, 4) is 0 Å². The second-order valence-electron chi connectivity index (χ2n) is 11.1. The number of methoxy groups -OCH3 is 1. The predicted octanol–water partition coefficient (Wildman–Crippen LogP) is 5.40. The van der Waals surface area contributed by atoms with Crippen LogP contribution in [0.25, 0.3) is 10.8 Å². The molecule has 230 valence electrons. The van der Waals surface area contributed by atoms with Crippen LogP contribution in [-0.2, 0) is 35.8 Å². The molecule has 5 aromatic rings. The summed E-state index contributed by atoms with van der Waals surface area (Å²) >= 11 is 0. The average Bonchev–Trinajstić information content (AvgIpc) is 3.09. The van der Waals surface area contributed by atoms with E-state index in [1.807, 2.05) is 133 Å². The van der Waals surface area contributed by atoms with E-state index in [1.54, 1.807) is 0 Å². The van der Waals surface area contributed by atoms with Crippen LogP contribution in [0.15, 0.2) is 133 Å². The number of rotatable bonds is 10. The van der Waals surface area contributed by atoms with Gasteiger partial charge in [0.1, 0.15) is 23.9 Å². The van der Waals surface area contributed by atoms with Gasteiger partial charge in [-0.1, -0.05) is 133 Å². The van der Waals surface area contributed by atoms with Gasteiger partial charge in [0.2, 0.25) is 0 Å². The van der Waals surface area contributed by atoms with Gasteiger partial charge < -0.3 is 29.2 Å². The number of hydrogen-bond donors (Lipinski definition) is 2. The highest BCUT2D eigenvalue weighted by Crippen LogP contribution is 2.41. The molecule has 45 heavy (non-hydrogen) atoms. The molecular weight excluding hydrogens is 568 g/mol. The first-order valence-electron chi connectivity index (χ1n) is 15.0. The van der Waals surface area contributed by atoms with E-state index < -0.39 is 42.3 Å². The second-order valence-corrected chi connectivity index (χ2v) is 11.1. The first-order chi connectivity index (χ1) is 22.0. The fraction of sp³-hybridized carbons (Fsp3) is 0.237. The van der Waals surface area contributed by atoms with E-state index in [-0.39, 0.29) is 13.0 Å². The Labute approximate surface area is 262 Å². The molecule has 0 saturated carbocycles. The minimum absolute atomic E-state index is 0.0165. The van der Waals surface area contributed by atoms with Gasteiger partial charge in [0.25, 0.3) is 0 Å². The molecule has 0 aliphatic carbocycles. The molecule has 1 aliphatic heterocycles. The Bertz CT molecular complexity index is 1590. The van der Waals surface area contributed by atoms with E-state index in [1.165, 1.54) is 7.11 Å². The smallest absolute Gasteiger partial charge is 0.310 e. The second kappa shape index (κ2) is 13.7. The van der Waals surface area contributed by atoms with Crippen molar-refractivity contribution in [1.82, 2.24) is 0 Å². The molecule has 1 saturated heterocycles. The van der Waals surface area contributed by atoms with Crippen molar-refractivity contribution in [2.24, 2.45) is 0 Å². The topological polar surface area (TPSA) is 94.5 Å². The highest BCUT2D eigenvalue weighted by atomic mass is 16.7. The lowest BCUT2D eigenvalue weighted by atomic mass is 9.80. The normalized spacial score (nSPS) is 21.8. The Morgan fingerprint density at radius 3 is 1.82 bits per heavy atom. The number of ether oxygens (including phenoxy) is 4. The van der Waals surface area contributed by atoms with Crippen molar-refractivity contribution in [2.75, 3.05) is 13.7 Å². The third kappa shape index (κ3) is 6.27. The van der Waals surface area contributed by atoms with Crippen molar-refractivity contribution in [3.05, 3.63) is 156 Å². The fourth-order valence-electron chi connectivity index (χ4n) is 6.13. The van der Waals surface area contributed by atoms with Crippen molar-refractivity contribution in [2.45, 2.75) is 42.7 Å². The third-order valence-corrected chi connectivity index (χ3v) is 8.36. The van der Waals surface area contributed by atoms with Crippen LogP contribution >= 0.6 is 0 Å². The largest absolute Gasteiger partial charge is 0.454 e. The lowest BCUT2D eigenvalue weighted by Gasteiger charge is -2.43. The van der Waals surface area contributed by atoms with Crippen LogP contribution in [0, 0.1) is 0 Å². The van der Waals surface area contributed by atoms with Gasteiger partial charge in [0, 0.05) is 7.11 Å². The third-order valence-electron chi connectivity index (χ3n) is 8.36. The van der Waals surface area contributed by atoms with Crippen molar-refractivity contribution in [1.29, 1.82) is 0 Å². The minimum atomic E-state index is -1.48. The zero-order valence-electron chi connectivity index (χ0n) is 24.9. The summed E-state index contributed by atoms with van der Waals surface area (Å²) in [4.78, 5) is 13.1. The lowest BCUT2D eigenvalue weighted by Crippen LogP contribution is -2.60. The quantitative estimate of drug-likeness (QED) is 0.163. The first-order valence-corrected chi connectivity index (χ1v) is 15.0. The van der Waals surface area contributed by atoms with Crippen molar-refractivity contribution < 1.29 is 34.0 Å². The average molecular weight is 605 g/mol. The van der Waals surface area contributed by atoms with Gasteiger partial charge >= 0.3 is 5.97 Å². The van der Waals surface area contributed by atoms with Crippen LogP contribution in [0.5, 0.6) is 0 Å². The summed E-state index contributed by atoms with van der Waals surface area (Å²) in [5, 5.41) is 24.5. The van der Waals surface area contributed by atoms with E-state index in [2.05, 4.69) is 0 Å². The summed E-state index contributed by atoms with van der Waals surface area (Å²) in [5.41, 5.74) is 2.40. The first kappa shape index (κ1) is 30.6. The lowest BCUT2D eigenvalue weighted by molar-refractivity contribution is -0.302. The Morgan fingerprint density at radius 1 is 0.711 bits per heavy atom. The van der Waals surface area contributed by atoms with Crippen LogP contribution in [0.4, 0.5) is 0 Å². The highest BCUT2D eigenvalue weighted by Gasteiger charge is 2.48. The van der Waals surface area contributed by atoms with E-state index in [4.69, 9.17) is 18.9 Å². The van der Waals surface area contributed by atoms with Gasteiger partial charge in [-0.2, -0.15) is 0 Å². The minimum Gasteiger partial charge on any atom is -0.454 e. The number of esters is 1. The molecule has 0 radical (unpaired) electrons. The number of aliphatic hydroxyl groups is 2. The van der Waals surface area contributed by atoms with E-state index in [9.17, 15) is 15.0 Å². The summed E-state index contributed by atoms with van der Waals surface area (Å²) in [6.07, 6.45) is -6.29. The van der Waals surface area contributed by atoms with Crippen LogP contribution in [0.1, 0.15) is 22.3 Å². The number of benzene rings is 5. The standard InChI is InChI=1S/C38H36O7/c1-42-37-36(45-33(39)24-27-16-13-15-26-14-11-12-23-31(26)27)35(41)34(40)32(44-37)25-43-38(28-17-5-2-6-18-28,29-19-7-3-8-20-29)30-21-9-4-10-22-30/h2-23,32,34-37,40-41H,24-25H2,1H3/t32-,34-,35+,36-,37+/m1/s1. The fourth-order valence-corrected chi connectivity index (χ4v) is 6.13. The zero-order valence-corrected chi connectivity index (χ0v) is 24.9. The molecule has 1 aliphatic rings. The van der Waals surface area contributed by atoms with Gasteiger partial charge in [-0.3, -0.25) is 4.79 Å². The Balaban J connectivity index is 1.23. The molecule has 0 aromatic heterocycles. The van der Waals surface area contributed by atoms with Gasteiger partial charge in [-0.15, -0.1) is 0 Å². The Hall–Kier alpha value is -4.37. The van der Waals surface area contributed by atoms with Gasteiger partial charge in [0.15, 0.2) is 12.4 Å². The van der Waals surface area contributed by atoms with Crippen molar-refractivity contribution >= 4 is 16.7 Å². The number of carbonyl (C=O) groups excluding carboxylic acids is 1. The zero-order chi connectivity index (χ0) is 31.2. The Kier molecular flexibility index (Phi) is 9.35. The number of hydrogen-bond acceptors (Lipinski definition) is 7. The molecule has 7 heteroatoms. The molecule has 0 spiro atoms. The summed E-state index contributed by atoms with van der Waals surface area (Å²) in [6, 6.07) is 43.0. The molecule has 0 amide bonds. The molecule has 5 atom stereocenters. The van der Waals surface area contributed by atoms with E-state index >= 15 is 0 Å². The number of aliphatic hydroxyl groups excluding tert-OH is 2. The number of carbonyl (C=O) groups is 1. The molecule has 2 N–H and O–H groups in total. The maximum absolute atomic E-state index is 13.1. The molecule has 1 fully saturated rings. The summed E-state index contributed by atoms with van der Waals surface area (Å²) in [6.45, 7) is -0.104. The maximum Gasteiger partial charge on any atom is 0.310 e. The summed E-state index contributed by atoms with van der Waals surface area (Å²) < 4.78 is 24.2. The van der Waals surface area contributed by atoms with Gasteiger partial charge in [-0.25, -0.2) is 0 Å². The van der Waals surface area contributed by atoms with E-state index in [0.29, 0.717) is 0 Å². The summed E-state index contributed by atoms with van der Waals surface area (Å²) in [7, 11) is 1.40. The molecular formula is C38H36O7. The molecule has 6 rings (SSSR count). The molecule has 1 heterocycles. The van der Waals surface area contributed by atoms with Crippen LogP contribution < -0.4 is 0 Å². The molecule has 7 nitrogen and oxygen atoms in total. The maximum atomic E-state index is 13.1. The van der Waals surface area contributed by atoms with Gasteiger partial charge in [0.05, 0.1) is 13.0 Å². The highest BCUT2D eigenvalue weighted by molar-refractivity contribution is 5.89.